The van der Waals surface area contributed by atoms with Crippen molar-refractivity contribution in [2.24, 2.45) is 0 Å². The Morgan fingerprint density at radius 3 is 2.58 bits per heavy atom. The molecule has 1 aromatic heterocycles. The monoisotopic (exact) mass is 378 g/mol. The van der Waals surface area contributed by atoms with E-state index in [2.05, 4.69) is 20.8 Å². The number of aryl methyl sites for hydroxylation is 1. The molecule has 2 amide bonds. The van der Waals surface area contributed by atoms with Gasteiger partial charge in [0.25, 0.3) is 0 Å². The Morgan fingerprint density at radius 1 is 1.04 bits per heavy atom. The van der Waals surface area contributed by atoms with E-state index >= 15 is 0 Å². The molecule has 0 atom stereocenters. The van der Waals surface area contributed by atoms with Crippen LogP contribution in [0.5, 0.6) is 0 Å². The largest absolute Gasteiger partial charge is 0.325 e. The summed E-state index contributed by atoms with van der Waals surface area (Å²) >= 11 is 13.1. The van der Waals surface area contributed by atoms with Crippen LogP contribution in [0, 0.1) is 6.92 Å². The molecule has 2 N–H and O–H groups in total. The average molecular weight is 379 g/mol. The molecule has 0 saturated carbocycles. The first-order chi connectivity index (χ1) is 11.5. The zero-order valence-electron chi connectivity index (χ0n) is 12.5. The summed E-state index contributed by atoms with van der Waals surface area (Å²) in [5.74, 6) is 0. The van der Waals surface area contributed by atoms with E-state index in [1.807, 2.05) is 31.2 Å². The molecule has 2 aromatic carbocycles. The third kappa shape index (κ3) is 3.84. The number of nitrogens with zero attached hydrogens (tertiary/aromatic N) is 2. The molecule has 1 heterocycles. The quantitative estimate of drug-likeness (QED) is 0.635. The Labute approximate surface area is 152 Å². The van der Waals surface area contributed by atoms with Gasteiger partial charge in [-0.25, -0.2) is 4.79 Å². The number of hydrogen-bond acceptors (Lipinski definition) is 4. The highest BCUT2D eigenvalue weighted by atomic mass is 35.5. The third-order valence-corrected chi connectivity index (χ3v) is 4.81. The number of benzene rings is 2. The number of rotatable bonds is 3. The molecule has 3 aromatic rings. The molecule has 5 nitrogen and oxygen atoms in total. The number of hydrogen-bond donors (Lipinski definition) is 2. The summed E-state index contributed by atoms with van der Waals surface area (Å²) < 4.78 is 0. The van der Waals surface area contributed by atoms with Crippen LogP contribution in [-0.4, -0.2) is 16.2 Å². The van der Waals surface area contributed by atoms with Crippen LogP contribution in [0.3, 0.4) is 0 Å². The van der Waals surface area contributed by atoms with Crippen molar-refractivity contribution in [2.45, 2.75) is 6.92 Å². The third-order valence-electron chi connectivity index (χ3n) is 3.20. The van der Waals surface area contributed by atoms with Gasteiger partial charge in [-0.2, -0.15) is 0 Å². The molecule has 0 aliphatic carbocycles. The van der Waals surface area contributed by atoms with Gasteiger partial charge in [-0.1, -0.05) is 58.8 Å². The number of amides is 2. The number of anilines is 2. The van der Waals surface area contributed by atoms with Gasteiger partial charge in [-0.15, -0.1) is 10.2 Å². The molecule has 3 rings (SSSR count). The van der Waals surface area contributed by atoms with Crippen molar-refractivity contribution < 1.29 is 4.79 Å². The Hall–Kier alpha value is -2.15. The second-order valence-corrected chi connectivity index (χ2v) is 6.73. The van der Waals surface area contributed by atoms with E-state index in [9.17, 15) is 4.79 Å². The maximum Gasteiger partial charge on any atom is 0.325 e. The van der Waals surface area contributed by atoms with Crippen molar-refractivity contribution in [2.75, 3.05) is 10.6 Å². The van der Waals surface area contributed by atoms with Crippen LogP contribution >= 0.6 is 34.5 Å². The van der Waals surface area contributed by atoms with E-state index in [1.165, 1.54) is 11.3 Å². The van der Waals surface area contributed by atoms with Crippen LogP contribution in [0.1, 0.15) is 5.56 Å². The summed E-state index contributed by atoms with van der Waals surface area (Å²) in [6, 6.07) is 12.3. The Balaban J connectivity index is 1.69. The first kappa shape index (κ1) is 16.7. The predicted octanol–water partition coefficient (Wildman–Crippen LogP) is 5.46. The van der Waals surface area contributed by atoms with Crippen LogP contribution in [-0.2, 0) is 0 Å². The minimum Gasteiger partial charge on any atom is -0.308 e. The van der Waals surface area contributed by atoms with Crippen molar-refractivity contribution in [3.05, 3.63) is 58.1 Å². The Kier molecular flexibility index (Phi) is 4.99. The number of carbonyl (C=O) groups is 1. The summed E-state index contributed by atoms with van der Waals surface area (Å²) in [6.45, 7) is 2.00. The van der Waals surface area contributed by atoms with Gasteiger partial charge in [0.15, 0.2) is 0 Å². The highest BCUT2D eigenvalue weighted by molar-refractivity contribution is 7.18. The Bertz CT molecular complexity index is 897. The van der Waals surface area contributed by atoms with E-state index in [0.717, 1.165) is 16.1 Å². The summed E-state index contributed by atoms with van der Waals surface area (Å²) in [5.41, 5.74) is 2.62. The molecule has 0 radical (unpaired) electrons. The molecule has 0 bridgehead atoms. The number of urea groups is 1. The number of halogens is 2. The number of carbonyl (C=O) groups excluding carboxylic acids is 1. The van der Waals surface area contributed by atoms with Crippen molar-refractivity contribution in [1.29, 1.82) is 0 Å². The second-order valence-electron chi connectivity index (χ2n) is 4.94. The second kappa shape index (κ2) is 7.17. The minimum atomic E-state index is -0.430. The topological polar surface area (TPSA) is 66.9 Å². The molecule has 0 fully saturated rings. The lowest BCUT2D eigenvalue weighted by atomic mass is 10.1. The molecule has 8 heteroatoms. The van der Waals surface area contributed by atoms with Gasteiger partial charge in [0.1, 0.15) is 5.01 Å². The van der Waals surface area contributed by atoms with Crippen molar-refractivity contribution >= 4 is 51.4 Å². The molecule has 0 aliphatic heterocycles. The zero-order valence-corrected chi connectivity index (χ0v) is 14.8. The van der Waals surface area contributed by atoms with Crippen LogP contribution in [0.15, 0.2) is 42.5 Å². The summed E-state index contributed by atoms with van der Waals surface area (Å²) in [7, 11) is 0. The molecular formula is C16H12Cl2N4OS. The van der Waals surface area contributed by atoms with E-state index in [0.29, 0.717) is 20.9 Å². The van der Waals surface area contributed by atoms with Crippen LogP contribution < -0.4 is 10.6 Å². The molecular weight excluding hydrogens is 367 g/mol. The number of aromatic nitrogens is 2. The molecule has 24 heavy (non-hydrogen) atoms. The fourth-order valence-corrected chi connectivity index (χ4v) is 3.16. The van der Waals surface area contributed by atoms with Gasteiger partial charge < -0.3 is 5.32 Å². The van der Waals surface area contributed by atoms with Crippen molar-refractivity contribution in [1.82, 2.24) is 10.2 Å². The van der Waals surface area contributed by atoms with Gasteiger partial charge in [0.05, 0.1) is 10.0 Å². The van der Waals surface area contributed by atoms with E-state index < -0.39 is 6.03 Å². The fourth-order valence-electron chi connectivity index (χ4n) is 2.03. The summed E-state index contributed by atoms with van der Waals surface area (Å²) in [4.78, 5) is 12.0. The van der Waals surface area contributed by atoms with E-state index in [4.69, 9.17) is 23.2 Å². The van der Waals surface area contributed by atoms with Crippen LogP contribution in [0.2, 0.25) is 10.0 Å². The molecule has 0 spiro atoms. The van der Waals surface area contributed by atoms with Crippen molar-refractivity contribution in [3.8, 4) is 10.6 Å². The highest BCUT2D eigenvalue weighted by Crippen LogP contribution is 2.29. The lowest BCUT2D eigenvalue weighted by Gasteiger charge is -2.06. The maximum absolute atomic E-state index is 12.0. The van der Waals surface area contributed by atoms with Crippen molar-refractivity contribution in [3.63, 3.8) is 0 Å². The lowest BCUT2D eigenvalue weighted by Crippen LogP contribution is -2.19. The maximum atomic E-state index is 12.0. The van der Waals surface area contributed by atoms with E-state index in [-0.39, 0.29) is 0 Å². The van der Waals surface area contributed by atoms with Gasteiger partial charge >= 0.3 is 6.03 Å². The van der Waals surface area contributed by atoms with Gasteiger partial charge in [-0.3, -0.25) is 5.32 Å². The molecule has 0 unspecified atom stereocenters. The minimum absolute atomic E-state index is 0.368. The molecule has 0 aliphatic rings. The Morgan fingerprint density at radius 2 is 1.83 bits per heavy atom. The average Bonchev–Trinajstić information content (AvgIpc) is 2.99. The lowest BCUT2D eigenvalue weighted by molar-refractivity contribution is 0.262. The van der Waals surface area contributed by atoms with Gasteiger partial charge in [-0.05, 0) is 30.7 Å². The number of nitrogens with one attached hydrogen (secondary N) is 2. The standard InChI is InChI=1S/C16H12Cl2N4OS/c1-9-4-2-3-5-11(9)14-21-22-16(24-14)20-15(23)19-10-6-7-12(17)13(18)8-10/h2-8H,1H3,(H2,19,20,22,23). The van der Waals surface area contributed by atoms with Gasteiger partial charge in [0, 0.05) is 11.3 Å². The van der Waals surface area contributed by atoms with E-state index in [1.54, 1.807) is 18.2 Å². The first-order valence-electron chi connectivity index (χ1n) is 6.95. The summed E-state index contributed by atoms with van der Waals surface area (Å²) in [5, 5.41) is 15.4. The van der Waals surface area contributed by atoms with Gasteiger partial charge in [0.2, 0.25) is 5.13 Å². The smallest absolute Gasteiger partial charge is 0.308 e. The fraction of sp³-hybridized carbons (Fsp3) is 0.0625. The highest BCUT2D eigenvalue weighted by Gasteiger charge is 2.11. The molecule has 122 valence electrons. The normalized spacial score (nSPS) is 10.5. The SMILES string of the molecule is Cc1ccccc1-c1nnc(NC(=O)Nc2ccc(Cl)c(Cl)c2)s1. The summed E-state index contributed by atoms with van der Waals surface area (Å²) in [6.07, 6.45) is 0. The van der Waals surface area contributed by atoms with Crippen LogP contribution in [0.4, 0.5) is 15.6 Å². The first-order valence-corrected chi connectivity index (χ1v) is 8.53. The van der Waals surface area contributed by atoms with Crippen LogP contribution in [0.25, 0.3) is 10.6 Å². The molecule has 0 saturated heterocycles. The predicted molar refractivity (Wildman–Crippen MR) is 99.2 cm³/mol. The zero-order chi connectivity index (χ0) is 17.1.